The molecule has 3 aliphatic rings. The summed E-state index contributed by atoms with van der Waals surface area (Å²) >= 11 is 3.57. The number of rotatable bonds is 2. The average molecular weight is 459 g/mol. The first kappa shape index (κ1) is 19.1. The first-order valence-corrected chi connectivity index (χ1v) is 13.5. The molecule has 3 heteroatoms. The third kappa shape index (κ3) is 3.13. The summed E-state index contributed by atoms with van der Waals surface area (Å²) in [5, 5.41) is 2.19. The van der Waals surface area contributed by atoms with Crippen LogP contribution in [0.4, 0.5) is 0 Å². The van der Waals surface area contributed by atoms with Crippen molar-refractivity contribution in [2.45, 2.75) is 60.1 Å². The van der Waals surface area contributed by atoms with Crippen molar-refractivity contribution >= 4 is 35.2 Å². The van der Waals surface area contributed by atoms with Crippen molar-refractivity contribution in [1.29, 1.82) is 0 Å². The van der Waals surface area contributed by atoms with E-state index >= 15 is 0 Å². The fraction of sp³-hybridized carbons (Fsp3) is 0.435. The predicted octanol–water partition coefficient (Wildman–Crippen LogP) is 5.32. The number of hydrogen-bond donors (Lipinski definition) is 0. The number of aryl methyl sites for hydroxylation is 1. The summed E-state index contributed by atoms with van der Waals surface area (Å²) < 4.78 is 5.14. The summed E-state index contributed by atoms with van der Waals surface area (Å²) in [5.74, 6) is 0. The third-order valence-corrected chi connectivity index (χ3v) is 11.8. The van der Waals surface area contributed by atoms with E-state index in [9.17, 15) is 0 Å². The molecule has 0 amide bonds. The monoisotopic (exact) mass is 457 g/mol. The summed E-state index contributed by atoms with van der Waals surface area (Å²) in [5.41, 5.74) is 6.53. The standard InChI is InChI=1S/C20H21S2.C3H6.Zr/c1-11-8-15-16(21-11)10-17-19(15)18(12(2)22-17)13-6-7-14(9-13)20(3,4)5;1-3-2;/h7-9,17H,6H2,1-5H3;1-2H3;. The van der Waals surface area contributed by atoms with Gasteiger partial charge in [0.15, 0.2) is 0 Å². The van der Waals surface area contributed by atoms with Gasteiger partial charge in [-0.1, -0.05) is 0 Å². The number of allylic oxidation sites excluding steroid dienone is 6. The van der Waals surface area contributed by atoms with Crippen LogP contribution in [-0.4, -0.2) is 8.46 Å². The van der Waals surface area contributed by atoms with E-state index in [0.29, 0.717) is 5.25 Å². The van der Waals surface area contributed by atoms with Gasteiger partial charge < -0.3 is 0 Å². The Kier molecular flexibility index (Phi) is 4.90. The molecule has 0 spiro atoms. The molecule has 0 radical (unpaired) electrons. The molecule has 0 saturated carbocycles. The molecule has 1 aromatic heterocycles. The number of fused-ring (bicyclic) bond motifs is 2. The van der Waals surface area contributed by atoms with Crippen molar-refractivity contribution in [3.05, 3.63) is 54.5 Å². The van der Waals surface area contributed by atoms with Gasteiger partial charge >= 0.3 is 178 Å². The Morgan fingerprint density at radius 2 is 1.92 bits per heavy atom. The second kappa shape index (κ2) is 6.68. The Morgan fingerprint density at radius 1 is 1.19 bits per heavy atom. The van der Waals surface area contributed by atoms with Crippen LogP contribution in [0, 0.1) is 12.3 Å². The van der Waals surface area contributed by atoms with Crippen LogP contribution in [-0.2, 0) is 22.8 Å². The molecule has 2 heterocycles. The van der Waals surface area contributed by atoms with E-state index in [2.05, 4.69) is 78.4 Å². The van der Waals surface area contributed by atoms with Crippen LogP contribution < -0.4 is 9.75 Å². The van der Waals surface area contributed by atoms with Gasteiger partial charge in [-0.2, -0.15) is 0 Å². The van der Waals surface area contributed by atoms with Crippen LogP contribution in [0.25, 0.3) is 8.85 Å². The van der Waals surface area contributed by atoms with Gasteiger partial charge in [0, 0.05) is 0 Å². The minimum absolute atomic E-state index is 0.242. The molecular formula is C23H27S2Zr. The van der Waals surface area contributed by atoms with Crippen LogP contribution in [0.3, 0.4) is 0 Å². The molecule has 4 rings (SSSR count). The predicted molar refractivity (Wildman–Crippen MR) is 116 cm³/mol. The maximum atomic E-state index is 2.49. The van der Waals surface area contributed by atoms with Gasteiger partial charge in [0.05, 0.1) is 0 Å². The quantitative estimate of drug-likeness (QED) is 0.578. The summed E-state index contributed by atoms with van der Waals surface area (Å²) in [6.07, 6.45) is 6.04. The second-order valence-corrected chi connectivity index (χ2v) is 15.7. The molecule has 1 aromatic rings. The van der Waals surface area contributed by atoms with Crippen LogP contribution in [0.2, 0.25) is 0 Å². The Hall–Kier alpha value is -0.237. The normalized spacial score (nSPS) is 21.7. The van der Waals surface area contributed by atoms with E-state index in [1.54, 1.807) is 34.6 Å². The fourth-order valence-electron chi connectivity index (χ4n) is 4.14. The van der Waals surface area contributed by atoms with Gasteiger partial charge in [-0.05, 0) is 0 Å². The molecular weight excluding hydrogens is 432 g/mol. The molecule has 2 aliphatic carbocycles. The zero-order valence-corrected chi connectivity index (χ0v) is 20.9. The maximum absolute atomic E-state index is 2.49. The summed E-state index contributed by atoms with van der Waals surface area (Å²) in [4.78, 5) is 3.01. The van der Waals surface area contributed by atoms with Crippen molar-refractivity contribution in [2.24, 2.45) is 5.41 Å². The zero-order chi connectivity index (χ0) is 18.8. The van der Waals surface area contributed by atoms with Gasteiger partial charge in [-0.25, -0.2) is 0 Å². The van der Waals surface area contributed by atoms with Crippen LogP contribution >= 0.6 is 23.1 Å². The molecule has 0 bridgehead atoms. The van der Waals surface area contributed by atoms with Crippen molar-refractivity contribution in [3.63, 3.8) is 0 Å². The molecule has 0 N–H and O–H groups in total. The Bertz CT molecular complexity index is 1040. The van der Waals surface area contributed by atoms with E-state index < -0.39 is 22.8 Å². The molecule has 1 atom stereocenters. The molecule has 0 nitrogen and oxygen atoms in total. The molecule has 1 unspecified atom stereocenters. The summed E-state index contributed by atoms with van der Waals surface area (Å²) in [6, 6.07) is 2.46. The Labute approximate surface area is 176 Å². The van der Waals surface area contributed by atoms with Gasteiger partial charge in [-0.3, -0.25) is 0 Å². The fourth-order valence-corrected chi connectivity index (χ4v) is 10.6. The molecule has 0 fully saturated rings. The van der Waals surface area contributed by atoms with Crippen molar-refractivity contribution in [1.82, 2.24) is 0 Å². The van der Waals surface area contributed by atoms with Crippen molar-refractivity contribution < 1.29 is 22.8 Å². The molecule has 0 aromatic carbocycles. The SMILES string of the molecule is C[C](C)=[Zr][C]1=c2sc(C)cc2=C2C(C3=CC(C(C)(C)C)=CC3)=C(C)SC21. The van der Waals surface area contributed by atoms with Gasteiger partial charge in [0.25, 0.3) is 0 Å². The molecule has 26 heavy (non-hydrogen) atoms. The van der Waals surface area contributed by atoms with Crippen molar-refractivity contribution in [2.75, 3.05) is 0 Å². The summed E-state index contributed by atoms with van der Waals surface area (Å²) in [7, 11) is 0. The average Bonchev–Trinajstić information content (AvgIpc) is 3.22. The number of hydrogen-bond acceptors (Lipinski definition) is 2. The molecule has 1 aliphatic heterocycles. The summed E-state index contributed by atoms with van der Waals surface area (Å²) in [6.45, 7) is 16.3. The first-order chi connectivity index (χ1) is 12.2. The van der Waals surface area contributed by atoms with Crippen LogP contribution in [0.5, 0.6) is 0 Å². The zero-order valence-electron chi connectivity index (χ0n) is 16.8. The number of thiophene rings is 1. The van der Waals surface area contributed by atoms with E-state index in [1.807, 2.05) is 14.6 Å². The Morgan fingerprint density at radius 3 is 2.54 bits per heavy atom. The van der Waals surface area contributed by atoms with E-state index in [1.165, 1.54) is 10.5 Å². The topological polar surface area (TPSA) is 0 Å². The third-order valence-electron chi connectivity index (χ3n) is 5.27. The Balaban J connectivity index is 1.89. The minimum atomic E-state index is -0.597. The van der Waals surface area contributed by atoms with Gasteiger partial charge in [0.2, 0.25) is 0 Å². The van der Waals surface area contributed by atoms with Crippen LogP contribution in [0.1, 0.15) is 52.8 Å². The van der Waals surface area contributed by atoms with Gasteiger partial charge in [0.1, 0.15) is 0 Å². The van der Waals surface area contributed by atoms with E-state index in [0.717, 1.165) is 6.42 Å². The first-order valence-electron chi connectivity index (χ1n) is 9.38. The molecule has 0 saturated heterocycles. The number of thioether (sulfide) groups is 1. The van der Waals surface area contributed by atoms with E-state index in [-0.39, 0.29) is 5.41 Å². The second-order valence-electron chi connectivity index (χ2n) is 8.76. The van der Waals surface area contributed by atoms with Crippen LogP contribution in [0.15, 0.2) is 39.8 Å². The van der Waals surface area contributed by atoms with E-state index in [4.69, 9.17) is 0 Å². The van der Waals surface area contributed by atoms with Gasteiger partial charge in [-0.15, -0.1) is 0 Å². The van der Waals surface area contributed by atoms with Crippen molar-refractivity contribution in [3.8, 4) is 0 Å². The molecule has 135 valence electrons.